The molecular weight excluding hydrogens is 162 g/mol. The molecule has 0 aromatic heterocycles. The Bertz CT molecular complexity index is 282. The van der Waals surface area contributed by atoms with Crippen molar-refractivity contribution in [3.63, 3.8) is 0 Å². The summed E-state index contributed by atoms with van der Waals surface area (Å²) >= 11 is 0. The summed E-state index contributed by atoms with van der Waals surface area (Å²) < 4.78 is 25.7. The minimum absolute atomic E-state index is 0.316. The van der Waals surface area contributed by atoms with Crippen molar-refractivity contribution in [2.75, 3.05) is 0 Å². The van der Waals surface area contributed by atoms with Gasteiger partial charge in [-0.3, -0.25) is 0 Å². The lowest BCUT2D eigenvalue weighted by molar-refractivity contribution is 0.278. The third-order valence-electron chi connectivity index (χ3n) is 2.03. The van der Waals surface area contributed by atoms with Gasteiger partial charge < -0.3 is 5.11 Å². The van der Waals surface area contributed by atoms with Gasteiger partial charge in [0.15, 0.2) is 0 Å². The molecule has 0 saturated carbocycles. The fourth-order valence-electron chi connectivity index (χ4n) is 1.13. The first-order valence-corrected chi connectivity index (χ1v) is 3.63. The molecule has 0 saturated heterocycles. The Balaban J connectivity index is 3.42. The maximum absolute atomic E-state index is 12.9. The summed E-state index contributed by atoms with van der Waals surface area (Å²) in [5.41, 5.74) is 0.973. The van der Waals surface area contributed by atoms with Crippen LogP contribution in [0.2, 0.25) is 0 Å². The minimum atomic E-state index is -0.609. The predicted octanol–water partition coefficient (Wildman–Crippen LogP) is 2.07. The molecule has 1 N–H and O–H groups in total. The SMILES string of the molecule is Cc1c(F)cc(F)c(C)c1CO. The van der Waals surface area contributed by atoms with Crippen molar-refractivity contribution in [1.82, 2.24) is 0 Å². The maximum Gasteiger partial charge on any atom is 0.129 e. The van der Waals surface area contributed by atoms with Crippen LogP contribution in [0.15, 0.2) is 6.07 Å². The highest BCUT2D eigenvalue weighted by Gasteiger charge is 2.10. The van der Waals surface area contributed by atoms with E-state index in [1.54, 1.807) is 0 Å². The molecule has 0 radical (unpaired) electrons. The smallest absolute Gasteiger partial charge is 0.129 e. The summed E-state index contributed by atoms with van der Waals surface area (Å²) in [6.45, 7) is 2.72. The molecule has 66 valence electrons. The molecule has 12 heavy (non-hydrogen) atoms. The summed E-state index contributed by atoms with van der Waals surface area (Å²) in [7, 11) is 0. The number of halogens is 2. The standard InChI is InChI=1S/C9H10F2O/c1-5-7(4-12)6(2)9(11)3-8(5)10/h3,12H,4H2,1-2H3. The van der Waals surface area contributed by atoms with Crippen molar-refractivity contribution in [2.45, 2.75) is 20.5 Å². The first-order valence-electron chi connectivity index (χ1n) is 3.63. The number of hydrogen-bond acceptors (Lipinski definition) is 1. The van der Waals surface area contributed by atoms with Gasteiger partial charge in [0.2, 0.25) is 0 Å². The van der Waals surface area contributed by atoms with E-state index < -0.39 is 11.6 Å². The second-order valence-electron chi connectivity index (χ2n) is 2.73. The summed E-state index contributed by atoms with van der Waals surface area (Å²) in [5, 5.41) is 8.81. The molecule has 1 aromatic rings. The number of benzene rings is 1. The lowest BCUT2D eigenvalue weighted by Crippen LogP contribution is -1.99. The van der Waals surface area contributed by atoms with Gasteiger partial charge in [-0.1, -0.05) is 0 Å². The molecule has 1 aromatic carbocycles. The average molecular weight is 172 g/mol. The fraction of sp³-hybridized carbons (Fsp3) is 0.333. The fourth-order valence-corrected chi connectivity index (χ4v) is 1.13. The van der Waals surface area contributed by atoms with Gasteiger partial charge >= 0.3 is 0 Å². The average Bonchev–Trinajstić information content (AvgIpc) is 2.02. The van der Waals surface area contributed by atoms with Crippen LogP contribution < -0.4 is 0 Å². The van der Waals surface area contributed by atoms with E-state index in [9.17, 15) is 8.78 Å². The Labute approximate surface area is 69.7 Å². The van der Waals surface area contributed by atoms with E-state index >= 15 is 0 Å². The van der Waals surface area contributed by atoms with E-state index in [1.807, 2.05) is 0 Å². The zero-order chi connectivity index (χ0) is 9.30. The number of aliphatic hydroxyl groups is 1. The number of rotatable bonds is 1. The van der Waals surface area contributed by atoms with E-state index in [-0.39, 0.29) is 6.61 Å². The van der Waals surface area contributed by atoms with E-state index in [0.717, 1.165) is 6.07 Å². The summed E-state index contributed by atoms with van der Waals surface area (Å²) in [5.74, 6) is -1.22. The van der Waals surface area contributed by atoms with Crippen molar-refractivity contribution >= 4 is 0 Å². The monoisotopic (exact) mass is 172 g/mol. The predicted molar refractivity (Wildman–Crippen MR) is 41.8 cm³/mol. The molecule has 0 amide bonds. The quantitative estimate of drug-likeness (QED) is 0.687. The summed E-state index contributed by atoms with van der Waals surface area (Å²) in [4.78, 5) is 0. The molecule has 0 unspecified atom stereocenters. The van der Waals surface area contributed by atoms with Crippen molar-refractivity contribution in [3.05, 3.63) is 34.4 Å². The summed E-state index contributed by atoms with van der Waals surface area (Å²) in [6, 6.07) is 0.837. The highest BCUT2D eigenvalue weighted by Crippen LogP contribution is 2.19. The van der Waals surface area contributed by atoms with Crippen LogP contribution in [0, 0.1) is 25.5 Å². The third kappa shape index (κ3) is 1.32. The van der Waals surface area contributed by atoms with Crippen LogP contribution in [0.3, 0.4) is 0 Å². The molecule has 0 aliphatic rings. The van der Waals surface area contributed by atoms with E-state index in [2.05, 4.69) is 0 Å². The van der Waals surface area contributed by atoms with Gasteiger partial charge in [-0.05, 0) is 30.5 Å². The highest BCUT2D eigenvalue weighted by molar-refractivity contribution is 5.35. The van der Waals surface area contributed by atoms with Gasteiger partial charge in [0.05, 0.1) is 6.61 Å². The topological polar surface area (TPSA) is 20.2 Å². The van der Waals surface area contributed by atoms with E-state index in [0.29, 0.717) is 16.7 Å². The van der Waals surface area contributed by atoms with Crippen LogP contribution in [0.25, 0.3) is 0 Å². The van der Waals surface area contributed by atoms with Gasteiger partial charge in [0, 0.05) is 6.07 Å². The van der Waals surface area contributed by atoms with Crippen LogP contribution >= 0.6 is 0 Å². The number of hydrogen-bond donors (Lipinski definition) is 1. The van der Waals surface area contributed by atoms with Crippen LogP contribution in [0.1, 0.15) is 16.7 Å². The Kier molecular flexibility index (Phi) is 2.43. The summed E-state index contributed by atoms with van der Waals surface area (Å²) in [6.07, 6.45) is 0. The van der Waals surface area contributed by atoms with Crippen molar-refractivity contribution in [3.8, 4) is 0 Å². The molecule has 1 rings (SSSR count). The first-order chi connectivity index (χ1) is 5.57. The minimum Gasteiger partial charge on any atom is -0.392 e. The van der Waals surface area contributed by atoms with Gasteiger partial charge in [0.25, 0.3) is 0 Å². The van der Waals surface area contributed by atoms with Gasteiger partial charge in [-0.2, -0.15) is 0 Å². The number of aliphatic hydroxyl groups excluding tert-OH is 1. The Morgan fingerprint density at radius 1 is 1.17 bits per heavy atom. The van der Waals surface area contributed by atoms with Crippen molar-refractivity contribution in [1.29, 1.82) is 0 Å². The zero-order valence-corrected chi connectivity index (χ0v) is 6.99. The van der Waals surface area contributed by atoms with Crippen LogP contribution in [-0.2, 0) is 6.61 Å². The molecule has 0 bridgehead atoms. The second kappa shape index (κ2) is 3.19. The van der Waals surface area contributed by atoms with Crippen LogP contribution in [-0.4, -0.2) is 5.11 Å². The molecule has 1 nitrogen and oxygen atoms in total. The van der Waals surface area contributed by atoms with E-state index in [1.165, 1.54) is 13.8 Å². The lowest BCUT2D eigenvalue weighted by Gasteiger charge is -2.08. The largest absolute Gasteiger partial charge is 0.392 e. The Hall–Kier alpha value is -0.960. The zero-order valence-electron chi connectivity index (χ0n) is 6.99. The molecule has 3 heteroatoms. The van der Waals surface area contributed by atoms with Crippen LogP contribution in [0.4, 0.5) is 8.78 Å². The van der Waals surface area contributed by atoms with Crippen molar-refractivity contribution in [2.24, 2.45) is 0 Å². The molecule has 0 atom stereocenters. The molecule has 0 heterocycles. The van der Waals surface area contributed by atoms with Gasteiger partial charge in [-0.15, -0.1) is 0 Å². The Morgan fingerprint density at radius 3 is 1.92 bits per heavy atom. The molecular formula is C9H10F2O. The highest BCUT2D eigenvalue weighted by atomic mass is 19.1. The molecule has 0 spiro atoms. The van der Waals surface area contributed by atoms with Gasteiger partial charge in [-0.25, -0.2) is 8.78 Å². The molecule has 0 aliphatic carbocycles. The first kappa shape index (κ1) is 9.13. The second-order valence-corrected chi connectivity index (χ2v) is 2.73. The molecule has 0 fully saturated rings. The van der Waals surface area contributed by atoms with Gasteiger partial charge in [0.1, 0.15) is 11.6 Å². The maximum atomic E-state index is 12.9. The van der Waals surface area contributed by atoms with Crippen LogP contribution in [0.5, 0.6) is 0 Å². The normalized spacial score (nSPS) is 10.4. The Morgan fingerprint density at radius 2 is 1.58 bits per heavy atom. The van der Waals surface area contributed by atoms with Crippen molar-refractivity contribution < 1.29 is 13.9 Å². The third-order valence-corrected chi connectivity index (χ3v) is 2.03. The molecule has 0 aliphatic heterocycles. The van der Waals surface area contributed by atoms with E-state index in [4.69, 9.17) is 5.11 Å². The lowest BCUT2D eigenvalue weighted by atomic mass is 10.0.